The second-order valence-electron chi connectivity index (χ2n) is 3.83. The van der Waals surface area contributed by atoms with Crippen LogP contribution >= 0.6 is 0 Å². The molecule has 4 nitrogen and oxygen atoms in total. The van der Waals surface area contributed by atoms with Gasteiger partial charge in [0.2, 0.25) is 0 Å². The number of aliphatic carboxylic acids is 1. The van der Waals surface area contributed by atoms with E-state index < -0.39 is 24.2 Å². The summed E-state index contributed by atoms with van der Waals surface area (Å²) in [4.78, 5) is 10.4. The maximum atomic E-state index is 11.7. The Labute approximate surface area is 91.5 Å². The lowest BCUT2D eigenvalue weighted by Crippen LogP contribution is -2.45. The Morgan fingerprint density at radius 3 is 2.31 bits per heavy atom. The Morgan fingerprint density at radius 2 is 1.88 bits per heavy atom. The fourth-order valence-electron chi connectivity index (χ4n) is 0.983. The van der Waals surface area contributed by atoms with Gasteiger partial charge in [-0.25, -0.2) is 4.79 Å². The van der Waals surface area contributed by atoms with Crippen molar-refractivity contribution < 1.29 is 28.2 Å². The van der Waals surface area contributed by atoms with Crippen LogP contribution in [0, 0.1) is 0 Å². The van der Waals surface area contributed by atoms with Crippen molar-refractivity contribution in [2.75, 3.05) is 13.1 Å². The molecule has 0 fully saturated rings. The van der Waals surface area contributed by atoms with Crippen LogP contribution in [0.15, 0.2) is 0 Å². The Kier molecular flexibility index (Phi) is 5.74. The third-order valence-electron chi connectivity index (χ3n) is 1.99. The predicted octanol–water partition coefficient (Wildman–Crippen LogP) is 1.14. The normalized spacial score (nSPS) is 15.8. The van der Waals surface area contributed by atoms with Gasteiger partial charge in [0.25, 0.3) is 0 Å². The highest BCUT2D eigenvalue weighted by Gasteiger charge is 2.29. The van der Waals surface area contributed by atoms with Crippen molar-refractivity contribution >= 4 is 5.97 Å². The van der Waals surface area contributed by atoms with Gasteiger partial charge in [0.05, 0.1) is 0 Å². The van der Waals surface area contributed by atoms with Gasteiger partial charge in [-0.3, -0.25) is 0 Å². The van der Waals surface area contributed by atoms with Crippen molar-refractivity contribution in [3.63, 3.8) is 0 Å². The minimum atomic E-state index is -4.15. The number of unbranched alkanes of at least 4 members (excludes halogenated alkanes) is 1. The smallest absolute Gasteiger partial charge is 0.389 e. The van der Waals surface area contributed by atoms with Gasteiger partial charge in [-0.1, -0.05) is 0 Å². The lowest BCUT2D eigenvalue weighted by atomic mass is 10.1. The van der Waals surface area contributed by atoms with E-state index in [1.54, 1.807) is 0 Å². The van der Waals surface area contributed by atoms with Crippen LogP contribution in [-0.4, -0.2) is 41.0 Å². The first kappa shape index (κ1) is 15.2. The SMILES string of the molecule is CC(O)(CNCCCCC(F)(F)F)C(=O)O. The summed E-state index contributed by atoms with van der Waals surface area (Å²) in [7, 11) is 0. The molecule has 1 atom stereocenters. The molecule has 0 aliphatic carbocycles. The molecule has 7 heteroatoms. The molecule has 96 valence electrons. The second-order valence-corrected chi connectivity index (χ2v) is 3.83. The van der Waals surface area contributed by atoms with Crippen molar-refractivity contribution in [3.05, 3.63) is 0 Å². The number of hydrogen-bond donors (Lipinski definition) is 3. The molecular formula is C9H16F3NO3. The topological polar surface area (TPSA) is 69.6 Å². The zero-order chi connectivity index (χ0) is 12.8. The number of hydrogen-bond acceptors (Lipinski definition) is 3. The monoisotopic (exact) mass is 243 g/mol. The molecule has 1 unspecified atom stereocenters. The second kappa shape index (κ2) is 6.05. The minimum absolute atomic E-state index is 0.00822. The zero-order valence-corrected chi connectivity index (χ0v) is 8.97. The van der Waals surface area contributed by atoms with Gasteiger partial charge >= 0.3 is 12.1 Å². The highest BCUT2D eigenvalue weighted by Crippen LogP contribution is 2.21. The molecule has 3 N–H and O–H groups in total. The molecule has 0 saturated carbocycles. The van der Waals surface area contributed by atoms with Gasteiger partial charge in [-0.2, -0.15) is 13.2 Å². The molecule has 16 heavy (non-hydrogen) atoms. The van der Waals surface area contributed by atoms with E-state index in [1.807, 2.05) is 0 Å². The predicted molar refractivity (Wildman–Crippen MR) is 51.0 cm³/mol. The lowest BCUT2D eigenvalue weighted by Gasteiger charge is -2.18. The van der Waals surface area contributed by atoms with Crippen LogP contribution in [-0.2, 0) is 4.79 Å². The molecule has 0 heterocycles. The van der Waals surface area contributed by atoms with E-state index in [4.69, 9.17) is 5.11 Å². The van der Waals surface area contributed by atoms with E-state index in [0.717, 1.165) is 6.92 Å². The van der Waals surface area contributed by atoms with Crippen LogP contribution in [0.4, 0.5) is 13.2 Å². The number of aliphatic hydroxyl groups is 1. The Hall–Kier alpha value is -0.820. The molecule has 0 spiro atoms. The summed E-state index contributed by atoms with van der Waals surface area (Å²) in [5, 5.41) is 20.3. The van der Waals surface area contributed by atoms with Crippen LogP contribution in [0.1, 0.15) is 26.2 Å². The van der Waals surface area contributed by atoms with Crippen molar-refractivity contribution in [1.29, 1.82) is 0 Å². The van der Waals surface area contributed by atoms with Crippen molar-refractivity contribution in [3.8, 4) is 0 Å². The van der Waals surface area contributed by atoms with Crippen LogP contribution in [0.5, 0.6) is 0 Å². The summed E-state index contributed by atoms with van der Waals surface area (Å²) >= 11 is 0. The summed E-state index contributed by atoms with van der Waals surface area (Å²) in [5.41, 5.74) is -1.88. The van der Waals surface area contributed by atoms with Crippen LogP contribution in [0.2, 0.25) is 0 Å². The molecule has 0 aromatic carbocycles. The van der Waals surface area contributed by atoms with Gasteiger partial charge in [0.1, 0.15) is 0 Å². The molecule has 0 rings (SSSR count). The number of carboxylic acid groups (broad SMARTS) is 1. The molecule has 0 radical (unpaired) electrons. The fourth-order valence-corrected chi connectivity index (χ4v) is 0.983. The standard InChI is InChI=1S/C9H16F3NO3/c1-8(16,7(14)15)6-13-5-3-2-4-9(10,11)12/h13,16H,2-6H2,1H3,(H,14,15). The first-order chi connectivity index (χ1) is 7.15. The molecule has 0 saturated heterocycles. The maximum Gasteiger partial charge on any atom is 0.389 e. The van der Waals surface area contributed by atoms with Gasteiger partial charge in [0, 0.05) is 13.0 Å². The van der Waals surface area contributed by atoms with E-state index in [9.17, 15) is 23.1 Å². The molecule has 0 aliphatic heterocycles. The highest BCUT2D eigenvalue weighted by atomic mass is 19.4. The average molecular weight is 243 g/mol. The molecule has 0 bridgehead atoms. The van der Waals surface area contributed by atoms with Gasteiger partial charge in [-0.15, -0.1) is 0 Å². The van der Waals surface area contributed by atoms with Crippen molar-refractivity contribution in [2.45, 2.75) is 38.0 Å². The minimum Gasteiger partial charge on any atom is -0.479 e. The highest BCUT2D eigenvalue weighted by molar-refractivity contribution is 5.76. The number of alkyl halides is 3. The largest absolute Gasteiger partial charge is 0.479 e. The van der Waals surface area contributed by atoms with E-state index >= 15 is 0 Å². The number of nitrogens with one attached hydrogen (secondary N) is 1. The number of carbonyl (C=O) groups is 1. The Bertz CT molecular complexity index is 229. The third kappa shape index (κ3) is 7.47. The van der Waals surface area contributed by atoms with Crippen molar-refractivity contribution in [2.24, 2.45) is 0 Å². The van der Waals surface area contributed by atoms with Gasteiger partial charge in [0.15, 0.2) is 5.60 Å². The third-order valence-corrected chi connectivity index (χ3v) is 1.99. The Morgan fingerprint density at radius 1 is 1.31 bits per heavy atom. The number of rotatable bonds is 7. The van der Waals surface area contributed by atoms with E-state index in [2.05, 4.69) is 5.32 Å². The summed E-state index contributed by atoms with van der Waals surface area (Å²) in [6.07, 6.45) is -4.71. The summed E-state index contributed by atoms with van der Waals surface area (Å²) in [6.45, 7) is 1.19. The number of halogens is 3. The number of carboxylic acids is 1. The van der Waals surface area contributed by atoms with Crippen LogP contribution in [0.25, 0.3) is 0 Å². The first-order valence-corrected chi connectivity index (χ1v) is 4.88. The summed E-state index contributed by atoms with van der Waals surface area (Å²) in [5.74, 6) is -1.37. The molecule has 0 aromatic rings. The summed E-state index contributed by atoms with van der Waals surface area (Å²) < 4.78 is 35.2. The lowest BCUT2D eigenvalue weighted by molar-refractivity contribution is -0.156. The van der Waals surface area contributed by atoms with Crippen LogP contribution < -0.4 is 5.32 Å². The quantitative estimate of drug-likeness (QED) is 0.586. The first-order valence-electron chi connectivity index (χ1n) is 4.88. The Balaban J connectivity index is 3.52. The molecule has 0 aliphatic rings. The zero-order valence-electron chi connectivity index (χ0n) is 8.97. The molecule has 0 amide bonds. The van der Waals surface area contributed by atoms with Gasteiger partial charge in [-0.05, 0) is 26.3 Å². The van der Waals surface area contributed by atoms with E-state index in [0.29, 0.717) is 0 Å². The average Bonchev–Trinajstić information content (AvgIpc) is 2.09. The van der Waals surface area contributed by atoms with E-state index in [1.165, 1.54) is 0 Å². The van der Waals surface area contributed by atoms with Gasteiger partial charge < -0.3 is 15.5 Å². The maximum absolute atomic E-state index is 11.7. The molecule has 0 aromatic heterocycles. The van der Waals surface area contributed by atoms with Crippen molar-refractivity contribution in [1.82, 2.24) is 5.32 Å². The fraction of sp³-hybridized carbons (Fsp3) is 0.889. The van der Waals surface area contributed by atoms with Crippen LogP contribution in [0.3, 0.4) is 0 Å². The molecular weight excluding hydrogens is 227 g/mol. The van der Waals surface area contributed by atoms with E-state index in [-0.39, 0.29) is 25.9 Å². The summed E-state index contributed by atoms with van der Waals surface area (Å²) in [6, 6.07) is 0.